The van der Waals surface area contributed by atoms with Gasteiger partial charge in [0.05, 0.1) is 5.39 Å². The molecular formula is C14H9NO2. The van der Waals surface area contributed by atoms with Gasteiger partial charge in [-0.2, -0.15) is 0 Å². The summed E-state index contributed by atoms with van der Waals surface area (Å²) < 4.78 is 5.28. The zero-order valence-electron chi connectivity index (χ0n) is 8.96. The number of benzene rings is 1. The molecule has 0 atom stereocenters. The van der Waals surface area contributed by atoms with E-state index in [-0.39, 0.29) is 5.63 Å². The third kappa shape index (κ3) is 1.72. The van der Waals surface area contributed by atoms with Gasteiger partial charge in [0.15, 0.2) is 0 Å². The molecule has 0 saturated carbocycles. The van der Waals surface area contributed by atoms with E-state index in [4.69, 9.17) is 4.42 Å². The summed E-state index contributed by atoms with van der Waals surface area (Å²) in [5.41, 5.74) is 0.484. The summed E-state index contributed by atoms with van der Waals surface area (Å²) in [6, 6.07) is 12.9. The minimum Gasteiger partial charge on any atom is -0.422 e. The van der Waals surface area contributed by atoms with Crippen molar-refractivity contribution in [3.05, 3.63) is 65.3 Å². The van der Waals surface area contributed by atoms with Crippen LogP contribution in [0, 0.1) is 0 Å². The Kier molecular flexibility index (Phi) is 2.22. The molecule has 0 N–H and O–H groups in total. The van der Waals surface area contributed by atoms with Gasteiger partial charge in [0.25, 0.3) is 0 Å². The Morgan fingerprint density at radius 1 is 1.06 bits per heavy atom. The van der Waals surface area contributed by atoms with Crippen LogP contribution in [-0.4, -0.2) is 4.98 Å². The summed E-state index contributed by atoms with van der Waals surface area (Å²) in [5.74, 6) is 0.543. The predicted octanol–water partition coefficient (Wildman–Crippen LogP) is 2.86. The van der Waals surface area contributed by atoms with Crippen LogP contribution < -0.4 is 5.63 Å². The number of pyridine rings is 1. The fourth-order valence-electron chi connectivity index (χ4n) is 1.79. The molecule has 3 nitrogen and oxygen atoms in total. The van der Waals surface area contributed by atoms with Crippen molar-refractivity contribution < 1.29 is 4.42 Å². The summed E-state index contributed by atoms with van der Waals surface area (Å²) in [6.07, 6.45) is 3.36. The Balaban J connectivity index is 2.30. The van der Waals surface area contributed by atoms with Crippen molar-refractivity contribution in [3.63, 3.8) is 0 Å². The molecule has 0 aliphatic carbocycles. The van der Waals surface area contributed by atoms with Gasteiger partial charge < -0.3 is 4.42 Å². The van der Waals surface area contributed by atoms with E-state index in [1.807, 2.05) is 36.4 Å². The van der Waals surface area contributed by atoms with Crippen LogP contribution >= 0.6 is 0 Å². The summed E-state index contributed by atoms with van der Waals surface area (Å²) in [4.78, 5) is 15.8. The first-order chi connectivity index (χ1) is 8.34. The lowest BCUT2D eigenvalue weighted by Crippen LogP contribution is -1.99. The largest absolute Gasteiger partial charge is 0.422 e. The maximum absolute atomic E-state index is 11.8. The molecule has 0 saturated heterocycles. The van der Waals surface area contributed by atoms with Gasteiger partial charge >= 0.3 is 5.63 Å². The fourth-order valence-corrected chi connectivity index (χ4v) is 1.79. The van der Waals surface area contributed by atoms with E-state index in [1.54, 1.807) is 18.5 Å². The minimum absolute atomic E-state index is 0.318. The molecule has 82 valence electrons. The highest BCUT2D eigenvalue weighted by Crippen LogP contribution is 2.20. The van der Waals surface area contributed by atoms with E-state index in [0.717, 1.165) is 10.9 Å². The van der Waals surface area contributed by atoms with Crippen LogP contribution in [0.4, 0.5) is 0 Å². The zero-order chi connectivity index (χ0) is 11.7. The molecule has 3 heteroatoms. The van der Waals surface area contributed by atoms with Crippen LogP contribution in [0.2, 0.25) is 0 Å². The zero-order valence-corrected chi connectivity index (χ0v) is 8.96. The smallest absolute Gasteiger partial charge is 0.344 e. The number of aromatic nitrogens is 1. The SMILES string of the molecule is O=c1oc(-c2cccnc2)cc2ccccc12. The maximum Gasteiger partial charge on any atom is 0.344 e. The Morgan fingerprint density at radius 3 is 2.76 bits per heavy atom. The van der Waals surface area contributed by atoms with Crippen molar-refractivity contribution in [2.24, 2.45) is 0 Å². The normalized spacial score (nSPS) is 10.6. The Morgan fingerprint density at radius 2 is 1.94 bits per heavy atom. The van der Waals surface area contributed by atoms with Crippen molar-refractivity contribution in [3.8, 4) is 11.3 Å². The third-order valence-corrected chi connectivity index (χ3v) is 2.62. The Hall–Kier alpha value is -2.42. The number of rotatable bonds is 1. The van der Waals surface area contributed by atoms with Crippen LogP contribution in [0.1, 0.15) is 0 Å². The van der Waals surface area contributed by atoms with Crippen LogP contribution in [0.25, 0.3) is 22.1 Å². The molecule has 0 aliphatic heterocycles. The van der Waals surface area contributed by atoms with E-state index in [1.165, 1.54) is 0 Å². The van der Waals surface area contributed by atoms with Crippen LogP contribution in [0.15, 0.2) is 64.1 Å². The molecule has 2 heterocycles. The standard InChI is InChI=1S/C14H9NO2/c16-14-12-6-2-1-4-10(12)8-13(17-14)11-5-3-7-15-9-11/h1-9H. The maximum atomic E-state index is 11.8. The Bertz CT molecular complexity index is 717. The second-order valence-corrected chi connectivity index (χ2v) is 3.73. The Labute approximate surface area is 97.4 Å². The van der Waals surface area contributed by atoms with Gasteiger partial charge in [-0.05, 0) is 29.7 Å². The van der Waals surface area contributed by atoms with Crippen molar-refractivity contribution in [1.29, 1.82) is 0 Å². The lowest BCUT2D eigenvalue weighted by atomic mass is 10.1. The molecule has 0 spiro atoms. The average molecular weight is 223 g/mol. The van der Waals surface area contributed by atoms with E-state index in [2.05, 4.69) is 4.98 Å². The molecule has 1 aromatic carbocycles. The molecule has 0 amide bonds. The quantitative estimate of drug-likeness (QED) is 0.637. The highest BCUT2D eigenvalue weighted by Gasteiger charge is 2.05. The molecule has 2 aromatic heterocycles. The lowest BCUT2D eigenvalue weighted by Gasteiger charge is -2.01. The number of fused-ring (bicyclic) bond motifs is 1. The van der Waals surface area contributed by atoms with Crippen LogP contribution in [0.5, 0.6) is 0 Å². The van der Waals surface area contributed by atoms with Gasteiger partial charge in [-0.1, -0.05) is 18.2 Å². The van der Waals surface area contributed by atoms with Gasteiger partial charge in [0.2, 0.25) is 0 Å². The first kappa shape index (κ1) is 9.78. The second kappa shape index (κ2) is 3.87. The van der Waals surface area contributed by atoms with E-state index < -0.39 is 0 Å². The monoisotopic (exact) mass is 223 g/mol. The van der Waals surface area contributed by atoms with Crippen molar-refractivity contribution in [1.82, 2.24) is 4.98 Å². The van der Waals surface area contributed by atoms with E-state index in [9.17, 15) is 4.79 Å². The van der Waals surface area contributed by atoms with Crippen LogP contribution in [-0.2, 0) is 0 Å². The molecule has 0 unspecified atom stereocenters. The first-order valence-electron chi connectivity index (χ1n) is 5.28. The lowest BCUT2D eigenvalue weighted by molar-refractivity contribution is 0.534. The fraction of sp³-hybridized carbons (Fsp3) is 0. The first-order valence-corrected chi connectivity index (χ1v) is 5.28. The minimum atomic E-state index is -0.318. The van der Waals surface area contributed by atoms with Gasteiger partial charge in [-0.15, -0.1) is 0 Å². The summed E-state index contributed by atoms with van der Waals surface area (Å²) >= 11 is 0. The molecule has 3 aromatic rings. The molecule has 3 rings (SSSR count). The topological polar surface area (TPSA) is 43.1 Å². The van der Waals surface area contributed by atoms with Gasteiger partial charge in [0.1, 0.15) is 5.76 Å². The molecule has 17 heavy (non-hydrogen) atoms. The van der Waals surface area contributed by atoms with Crippen molar-refractivity contribution in [2.75, 3.05) is 0 Å². The predicted molar refractivity (Wildman–Crippen MR) is 65.7 cm³/mol. The van der Waals surface area contributed by atoms with Gasteiger partial charge in [0, 0.05) is 18.0 Å². The van der Waals surface area contributed by atoms with Crippen molar-refractivity contribution in [2.45, 2.75) is 0 Å². The van der Waals surface area contributed by atoms with Crippen molar-refractivity contribution >= 4 is 10.8 Å². The molecule has 0 fully saturated rings. The summed E-state index contributed by atoms with van der Waals surface area (Å²) in [6.45, 7) is 0. The summed E-state index contributed by atoms with van der Waals surface area (Å²) in [7, 11) is 0. The molecule has 0 bridgehead atoms. The van der Waals surface area contributed by atoms with Gasteiger partial charge in [-0.25, -0.2) is 4.79 Å². The number of hydrogen-bond donors (Lipinski definition) is 0. The summed E-state index contributed by atoms with van der Waals surface area (Å²) in [5, 5.41) is 1.47. The highest BCUT2D eigenvalue weighted by molar-refractivity contribution is 5.83. The number of nitrogens with zero attached hydrogens (tertiary/aromatic N) is 1. The highest BCUT2D eigenvalue weighted by atomic mass is 16.4. The van der Waals surface area contributed by atoms with E-state index in [0.29, 0.717) is 11.1 Å². The van der Waals surface area contributed by atoms with Gasteiger partial charge in [-0.3, -0.25) is 4.98 Å². The second-order valence-electron chi connectivity index (χ2n) is 3.73. The van der Waals surface area contributed by atoms with Crippen LogP contribution in [0.3, 0.4) is 0 Å². The molecule has 0 radical (unpaired) electrons. The third-order valence-electron chi connectivity index (χ3n) is 2.62. The van der Waals surface area contributed by atoms with E-state index >= 15 is 0 Å². The molecular weight excluding hydrogens is 214 g/mol. The molecule has 0 aliphatic rings. The number of hydrogen-bond acceptors (Lipinski definition) is 3. The average Bonchev–Trinajstić information content (AvgIpc) is 2.40.